The molecule has 126 valence electrons. The summed E-state index contributed by atoms with van der Waals surface area (Å²) in [6.07, 6.45) is 0. The van der Waals surface area contributed by atoms with Crippen molar-refractivity contribution in [2.24, 2.45) is 0 Å². The van der Waals surface area contributed by atoms with Crippen molar-refractivity contribution in [3.05, 3.63) is 48.5 Å². The summed E-state index contributed by atoms with van der Waals surface area (Å²) in [6.45, 7) is 5.24. The number of ether oxygens (including phenoxy) is 2. The van der Waals surface area contributed by atoms with Gasteiger partial charge in [0.15, 0.2) is 5.11 Å². The molecule has 6 heteroatoms. The molecule has 0 saturated carbocycles. The number of thiocarbonyl (C=S) groups is 1. The van der Waals surface area contributed by atoms with Gasteiger partial charge in [0.2, 0.25) is 0 Å². The zero-order chi connectivity index (χ0) is 15.8. The fourth-order valence-electron chi connectivity index (χ4n) is 1.90. The molecular weight excluding hydrogens is 459 g/mol. The minimum absolute atomic E-state index is 0. The molecule has 2 N–H and O–H groups in total. The van der Waals surface area contributed by atoms with E-state index in [9.17, 15) is 0 Å². The first-order valence-electron chi connectivity index (χ1n) is 7.25. The monoisotopic (exact) mass is 480 g/mol. The molecule has 0 spiro atoms. The molecule has 2 rings (SSSR count). The standard InChI is InChI=1S/C17H20N2O2S.Dy/c1-3-20-15-9-5-13(6-10-15)18-17(22)19-14-7-11-16(12-8-14)21-4-2;/h5-12H,3-4H2,1-2H3,(H2,18,19,22);. The molecule has 0 radical (unpaired) electrons. The predicted molar refractivity (Wildman–Crippen MR) is 95.1 cm³/mol. The van der Waals surface area contributed by atoms with E-state index in [1.165, 1.54) is 0 Å². The van der Waals surface area contributed by atoms with Gasteiger partial charge in [-0.05, 0) is 74.6 Å². The average Bonchev–Trinajstić information content (AvgIpc) is 2.52. The van der Waals surface area contributed by atoms with Crippen LogP contribution in [-0.2, 0) is 0 Å². The molecular formula is C17H20DyN2O2S. The molecule has 0 aliphatic carbocycles. The Bertz CT molecular complexity index is 549. The normalized spacial score (nSPS) is 9.48. The maximum absolute atomic E-state index is 5.40. The van der Waals surface area contributed by atoms with Crippen molar-refractivity contribution in [1.29, 1.82) is 0 Å². The summed E-state index contributed by atoms with van der Waals surface area (Å²) < 4.78 is 10.8. The summed E-state index contributed by atoms with van der Waals surface area (Å²) in [5, 5.41) is 6.80. The third-order valence-corrected chi connectivity index (χ3v) is 3.05. The van der Waals surface area contributed by atoms with Crippen molar-refractivity contribution in [1.82, 2.24) is 0 Å². The van der Waals surface area contributed by atoms with Gasteiger partial charge in [0.05, 0.1) is 13.2 Å². The first kappa shape index (κ1) is 20.0. The summed E-state index contributed by atoms with van der Waals surface area (Å²) in [4.78, 5) is 0. The number of hydrogen-bond donors (Lipinski definition) is 2. The fourth-order valence-corrected chi connectivity index (χ4v) is 2.13. The van der Waals surface area contributed by atoms with Crippen LogP contribution in [-0.4, -0.2) is 18.3 Å². The van der Waals surface area contributed by atoms with Crippen LogP contribution in [0.3, 0.4) is 0 Å². The molecule has 0 heterocycles. The summed E-state index contributed by atoms with van der Waals surface area (Å²) in [6, 6.07) is 15.3. The SMILES string of the molecule is CCOc1ccc(NC(=S)Nc2ccc(OCC)cc2)cc1.[Dy]. The van der Waals surface area contributed by atoms with Gasteiger partial charge >= 0.3 is 0 Å². The van der Waals surface area contributed by atoms with Gasteiger partial charge < -0.3 is 20.1 Å². The second-order valence-electron chi connectivity index (χ2n) is 4.49. The minimum atomic E-state index is 0. The van der Waals surface area contributed by atoms with Gasteiger partial charge in [0.1, 0.15) is 11.5 Å². The third kappa shape index (κ3) is 6.96. The van der Waals surface area contributed by atoms with Gasteiger partial charge in [-0.25, -0.2) is 0 Å². The second-order valence-corrected chi connectivity index (χ2v) is 4.90. The summed E-state index contributed by atoms with van der Waals surface area (Å²) in [5.41, 5.74) is 1.82. The quantitative estimate of drug-likeness (QED) is 0.606. The van der Waals surface area contributed by atoms with Crippen LogP contribution in [0.25, 0.3) is 0 Å². The number of rotatable bonds is 6. The van der Waals surface area contributed by atoms with E-state index < -0.39 is 0 Å². The van der Waals surface area contributed by atoms with Gasteiger partial charge in [0, 0.05) is 49.5 Å². The molecule has 0 saturated heterocycles. The Kier molecular flexibility index (Phi) is 9.34. The molecule has 23 heavy (non-hydrogen) atoms. The number of anilines is 2. The van der Waals surface area contributed by atoms with E-state index in [-0.39, 0.29) is 38.2 Å². The Hall–Kier alpha value is -0.997. The Morgan fingerprint density at radius 2 is 1.13 bits per heavy atom. The van der Waals surface area contributed by atoms with Crippen molar-refractivity contribution in [2.45, 2.75) is 13.8 Å². The first-order chi connectivity index (χ1) is 10.7. The maximum Gasteiger partial charge on any atom is 0.175 e. The smallest absolute Gasteiger partial charge is 0.175 e. The Morgan fingerprint density at radius 3 is 1.43 bits per heavy atom. The molecule has 4 nitrogen and oxygen atoms in total. The Morgan fingerprint density at radius 1 is 0.783 bits per heavy atom. The van der Waals surface area contributed by atoms with E-state index in [1.807, 2.05) is 62.4 Å². The van der Waals surface area contributed by atoms with Crippen LogP contribution in [0.15, 0.2) is 48.5 Å². The topological polar surface area (TPSA) is 42.5 Å². The molecule has 0 aliphatic rings. The Labute approximate surface area is 173 Å². The average molecular weight is 479 g/mol. The van der Waals surface area contributed by atoms with Crippen LogP contribution in [0.4, 0.5) is 11.4 Å². The van der Waals surface area contributed by atoms with Gasteiger partial charge in [0.25, 0.3) is 0 Å². The van der Waals surface area contributed by atoms with E-state index in [0.29, 0.717) is 18.3 Å². The molecule has 0 aliphatic heterocycles. The molecule has 0 bridgehead atoms. The van der Waals surface area contributed by atoms with E-state index >= 15 is 0 Å². The number of benzene rings is 2. The van der Waals surface area contributed by atoms with E-state index in [2.05, 4.69) is 10.6 Å². The summed E-state index contributed by atoms with van der Waals surface area (Å²) in [7, 11) is 0. The summed E-state index contributed by atoms with van der Waals surface area (Å²) >= 11 is 5.30. The molecule has 2 aromatic rings. The zero-order valence-corrected chi connectivity index (χ0v) is 15.9. The zero-order valence-electron chi connectivity index (χ0n) is 13.1. The maximum atomic E-state index is 5.40. The van der Waals surface area contributed by atoms with E-state index in [4.69, 9.17) is 21.7 Å². The van der Waals surface area contributed by atoms with Crippen LogP contribution in [0.2, 0.25) is 0 Å². The molecule has 0 unspecified atom stereocenters. The van der Waals surface area contributed by atoms with Crippen LogP contribution in [0.5, 0.6) is 11.5 Å². The van der Waals surface area contributed by atoms with Crippen LogP contribution < -0.4 is 20.1 Å². The van der Waals surface area contributed by atoms with E-state index in [1.54, 1.807) is 0 Å². The van der Waals surface area contributed by atoms with Gasteiger partial charge in [-0.3, -0.25) is 0 Å². The van der Waals surface area contributed by atoms with Gasteiger partial charge in [-0.2, -0.15) is 0 Å². The number of nitrogens with one attached hydrogen (secondary N) is 2. The molecule has 0 fully saturated rings. The van der Waals surface area contributed by atoms with Gasteiger partial charge in [-0.1, -0.05) is 0 Å². The van der Waals surface area contributed by atoms with Crippen LogP contribution in [0, 0.1) is 38.2 Å². The van der Waals surface area contributed by atoms with E-state index in [0.717, 1.165) is 22.9 Å². The second kappa shape index (κ2) is 10.7. The van der Waals surface area contributed by atoms with Crippen molar-refractivity contribution >= 4 is 28.7 Å². The fraction of sp³-hybridized carbons (Fsp3) is 0.235. The molecule has 0 aromatic heterocycles. The van der Waals surface area contributed by atoms with Crippen LogP contribution in [0.1, 0.15) is 13.8 Å². The minimum Gasteiger partial charge on any atom is -0.494 e. The van der Waals surface area contributed by atoms with Crippen molar-refractivity contribution in [3.8, 4) is 11.5 Å². The number of hydrogen-bond acceptors (Lipinski definition) is 3. The Balaban J connectivity index is 0.00000264. The molecule has 0 amide bonds. The first-order valence-corrected chi connectivity index (χ1v) is 7.65. The largest absolute Gasteiger partial charge is 0.494 e. The van der Waals surface area contributed by atoms with Crippen molar-refractivity contribution in [2.75, 3.05) is 23.8 Å². The molecule has 2 aromatic carbocycles. The van der Waals surface area contributed by atoms with Crippen molar-refractivity contribution < 1.29 is 47.6 Å². The molecule has 0 atom stereocenters. The van der Waals surface area contributed by atoms with Crippen LogP contribution >= 0.6 is 12.2 Å². The third-order valence-electron chi connectivity index (χ3n) is 2.85. The predicted octanol–water partition coefficient (Wildman–Crippen LogP) is 4.29. The van der Waals surface area contributed by atoms with Gasteiger partial charge in [-0.15, -0.1) is 0 Å². The van der Waals surface area contributed by atoms with Crippen molar-refractivity contribution in [3.63, 3.8) is 0 Å². The summed E-state index contributed by atoms with van der Waals surface area (Å²) in [5.74, 6) is 1.69.